The maximum atomic E-state index is 12.6. The number of nitrogens with zero attached hydrogens (tertiary/aromatic N) is 2. The van der Waals surface area contributed by atoms with Gasteiger partial charge in [0, 0.05) is 38.3 Å². The highest BCUT2D eigenvalue weighted by atomic mass is 35.5. The zero-order valence-electron chi connectivity index (χ0n) is 17.1. The number of nitrogens with one attached hydrogen (secondary N) is 2. The van der Waals surface area contributed by atoms with E-state index >= 15 is 0 Å². The molecular weight excluding hydrogens is 411 g/mol. The average molecular weight is 445 g/mol. The van der Waals surface area contributed by atoms with E-state index in [1.54, 1.807) is 0 Å². The fraction of sp³-hybridized carbons (Fsp3) is 0.619. The van der Waals surface area contributed by atoms with Crippen molar-refractivity contribution in [1.29, 1.82) is 0 Å². The molecule has 2 aliphatic heterocycles. The van der Waals surface area contributed by atoms with Gasteiger partial charge in [-0.2, -0.15) is 0 Å². The molecule has 1 atom stereocenters. The van der Waals surface area contributed by atoms with E-state index in [-0.39, 0.29) is 36.6 Å². The summed E-state index contributed by atoms with van der Waals surface area (Å²) >= 11 is 0. The van der Waals surface area contributed by atoms with Crippen LogP contribution in [0.5, 0.6) is 0 Å². The molecule has 0 spiro atoms. The molecule has 2 heterocycles. The summed E-state index contributed by atoms with van der Waals surface area (Å²) in [6.07, 6.45) is 3.01. The van der Waals surface area contributed by atoms with Gasteiger partial charge in [0.25, 0.3) is 0 Å². The van der Waals surface area contributed by atoms with Crippen LogP contribution >= 0.6 is 24.8 Å². The summed E-state index contributed by atoms with van der Waals surface area (Å²) in [6, 6.07) is 9.52. The van der Waals surface area contributed by atoms with E-state index in [4.69, 9.17) is 0 Å². The van der Waals surface area contributed by atoms with Gasteiger partial charge in [-0.1, -0.05) is 25.1 Å². The first-order chi connectivity index (χ1) is 13.1. The first kappa shape index (κ1) is 25.7. The van der Waals surface area contributed by atoms with Crippen LogP contribution in [0, 0.1) is 11.8 Å². The Balaban J connectivity index is 0.00000210. The van der Waals surface area contributed by atoms with Gasteiger partial charge < -0.3 is 15.5 Å². The van der Waals surface area contributed by atoms with Crippen LogP contribution in [0.25, 0.3) is 0 Å². The van der Waals surface area contributed by atoms with Crippen molar-refractivity contribution in [1.82, 2.24) is 15.1 Å². The molecule has 2 amide bonds. The van der Waals surface area contributed by atoms with Crippen LogP contribution in [-0.2, 0) is 9.59 Å². The van der Waals surface area contributed by atoms with Crippen molar-refractivity contribution >= 4 is 42.3 Å². The van der Waals surface area contributed by atoms with E-state index in [1.165, 1.54) is 12.8 Å². The van der Waals surface area contributed by atoms with Crippen molar-refractivity contribution in [3.8, 4) is 0 Å². The summed E-state index contributed by atoms with van der Waals surface area (Å²) in [6.45, 7) is 7.71. The van der Waals surface area contributed by atoms with Crippen molar-refractivity contribution in [2.45, 2.75) is 26.2 Å². The molecule has 1 aromatic carbocycles. The van der Waals surface area contributed by atoms with Gasteiger partial charge in [-0.05, 0) is 49.9 Å². The standard InChI is InChI=1S/C21H32N4O2.2ClH/c1-17(18-7-9-22-10-8-18)15-21(27)25-13-11-24(12-14-25)16-20(26)23-19-5-3-2-4-6-19;;/h2-6,17-18,22H,7-16H2,1H3,(H,23,26);2*1H. The van der Waals surface area contributed by atoms with Crippen LogP contribution in [0.3, 0.4) is 0 Å². The summed E-state index contributed by atoms with van der Waals surface area (Å²) in [5.41, 5.74) is 0.822. The topological polar surface area (TPSA) is 64.7 Å². The van der Waals surface area contributed by atoms with Gasteiger partial charge in [0.05, 0.1) is 6.54 Å². The SMILES string of the molecule is CC(CC(=O)N1CCN(CC(=O)Nc2ccccc2)CC1)C1CCNCC1.Cl.Cl. The molecule has 0 bridgehead atoms. The Morgan fingerprint density at radius 1 is 1.07 bits per heavy atom. The van der Waals surface area contributed by atoms with Gasteiger partial charge in [-0.3, -0.25) is 14.5 Å². The number of amides is 2. The number of carbonyl (C=O) groups is 2. The molecule has 0 aromatic heterocycles. The molecule has 0 aliphatic carbocycles. The smallest absolute Gasteiger partial charge is 0.238 e. The molecule has 2 aliphatic rings. The normalized spacial score (nSPS) is 18.9. The Bertz CT molecular complexity index is 618. The van der Waals surface area contributed by atoms with E-state index in [0.717, 1.165) is 45.0 Å². The number of halogens is 2. The molecule has 2 N–H and O–H groups in total. The molecule has 29 heavy (non-hydrogen) atoms. The molecule has 2 saturated heterocycles. The fourth-order valence-corrected chi connectivity index (χ4v) is 4.06. The van der Waals surface area contributed by atoms with Gasteiger partial charge in [0.1, 0.15) is 0 Å². The zero-order valence-corrected chi connectivity index (χ0v) is 18.8. The molecule has 6 nitrogen and oxygen atoms in total. The predicted octanol–water partition coefficient (Wildman–Crippen LogP) is 2.64. The summed E-state index contributed by atoms with van der Waals surface area (Å²) in [5.74, 6) is 1.39. The highest BCUT2D eigenvalue weighted by Crippen LogP contribution is 2.25. The molecule has 8 heteroatoms. The number of piperazine rings is 1. The van der Waals surface area contributed by atoms with Gasteiger partial charge in [-0.25, -0.2) is 0 Å². The average Bonchev–Trinajstić information content (AvgIpc) is 2.70. The molecule has 2 fully saturated rings. The van der Waals surface area contributed by atoms with Crippen LogP contribution in [0.2, 0.25) is 0 Å². The molecule has 1 unspecified atom stereocenters. The summed E-state index contributed by atoms with van der Waals surface area (Å²) in [4.78, 5) is 28.9. The number of benzene rings is 1. The molecule has 1 aromatic rings. The van der Waals surface area contributed by atoms with Crippen LogP contribution < -0.4 is 10.6 Å². The van der Waals surface area contributed by atoms with E-state index in [0.29, 0.717) is 24.8 Å². The zero-order chi connectivity index (χ0) is 19.1. The first-order valence-corrected chi connectivity index (χ1v) is 10.2. The number of rotatable bonds is 6. The highest BCUT2D eigenvalue weighted by Gasteiger charge is 2.26. The summed E-state index contributed by atoms with van der Waals surface area (Å²) < 4.78 is 0. The van der Waals surface area contributed by atoms with Crippen LogP contribution in [0.15, 0.2) is 30.3 Å². The maximum Gasteiger partial charge on any atom is 0.238 e. The molecule has 0 saturated carbocycles. The van der Waals surface area contributed by atoms with Crippen LogP contribution in [0.4, 0.5) is 5.69 Å². The Hall–Kier alpha value is -1.34. The minimum atomic E-state index is 0. The molecule has 164 valence electrons. The van der Waals surface area contributed by atoms with E-state index in [9.17, 15) is 9.59 Å². The Morgan fingerprint density at radius 3 is 2.31 bits per heavy atom. The predicted molar refractivity (Wildman–Crippen MR) is 122 cm³/mol. The number of carbonyl (C=O) groups excluding carboxylic acids is 2. The third kappa shape index (κ3) is 8.13. The van der Waals surface area contributed by atoms with Gasteiger partial charge in [0.15, 0.2) is 0 Å². The third-order valence-corrected chi connectivity index (χ3v) is 5.83. The van der Waals surface area contributed by atoms with Crippen molar-refractivity contribution in [3.63, 3.8) is 0 Å². The molecular formula is C21H34Cl2N4O2. The quantitative estimate of drug-likeness (QED) is 0.707. The van der Waals surface area contributed by atoms with E-state index in [2.05, 4.69) is 22.5 Å². The number of anilines is 1. The van der Waals surface area contributed by atoms with Gasteiger partial charge >= 0.3 is 0 Å². The maximum absolute atomic E-state index is 12.6. The lowest BCUT2D eigenvalue weighted by atomic mass is 9.84. The number of para-hydroxylation sites is 1. The second-order valence-electron chi connectivity index (χ2n) is 7.84. The second kappa shape index (κ2) is 13.1. The van der Waals surface area contributed by atoms with Crippen molar-refractivity contribution in [3.05, 3.63) is 30.3 Å². The van der Waals surface area contributed by atoms with Gasteiger partial charge in [0.2, 0.25) is 11.8 Å². The second-order valence-corrected chi connectivity index (χ2v) is 7.84. The fourth-order valence-electron chi connectivity index (χ4n) is 4.06. The molecule has 3 rings (SSSR count). The third-order valence-electron chi connectivity index (χ3n) is 5.83. The monoisotopic (exact) mass is 444 g/mol. The van der Waals surface area contributed by atoms with Gasteiger partial charge in [-0.15, -0.1) is 24.8 Å². The number of piperidine rings is 1. The van der Waals surface area contributed by atoms with E-state index < -0.39 is 0 Å². The molecule has 0 radical (unpaired) electrons. The summed E-state index contributed by atoms with van der Waals surface area (Å²) in [5, 5.41) is 6.31. The van der Waals surface area contributed by atoms with Crippen molar-refractivity contribution in [2.24, 2.45) is 11.8 Å². The lowest BCUT2D eigenvalue weighted by Crippen LogP contribution is -2.50. The van der Waals surface area contributed by atoms with Crippen LogP contribution in [0.1, 0.15) is 26.2 Å². The number of hydrogen-bond donors (Lipinski definition) is 2. The minimum Gasteiger partial charge on any atom is -0.340 e. The lowest BCUT2D eigenvalue weighted by molar-refractivity contribution is -0.134. The minimum absolute atomic E-state index is 0. The Kier molecular flexibility index (Phi) is 11.6. The highest BCUT2D eigenvalue weighted by molar-refractivity contribution is 5.92. The van der Waals surface area contributed by atoms with Crippen molar-refractivity contribution < 1.29 is 9.59 Å². The number of hydrogen-bond acceptors (Lipinski definition) is 4. The summed E-state index contributed by atoms with van der Waals surface area (Å²) in [7, 11) is 0. The van der Waals surface area contributed by atoms with Crippen LogP contribution in [-0.4, -0.2) is 67.4 Å². The lowest BCUT2D eigenvalue weighted by Gasteiger charge is -2.35. The Labute approximate surface area is 186 Å². The van der Waals surface area contributed by atoms with E-state index in [1.807, 2.05) is 35.2 Å². The largest absolute Gasteiger partial charge is 0.340 e. The first-order valence-electron chi connectivity index (χ1n) is 10.2. The Morgan fingerprint density at radius 2 is 1.69 bits per heavy atom. The van der Waals surface area contributed by atoms with Crippen molar-refractivity contribution in [2.75, 3.05) is 51.1 Å².